The Morgan fingerprint density at radius 1 is 0.909 bits per heavy atom. The molecule has 1 aliphatic rings. The lowest BCUT2D eigenvalue weighted by atomic mass is 9.86. The van der Waals surface area contributed by atoms with Crippen molar-refractivity contribution in [3.63, 3.8) is 0 Å². The van der Waals surface area contributed by atoms with E-state index in [4.69, 9.17) is 4.42 Å². The molecule has 0 saturated carbocycles. The zero-order valence-corrected chi connectivity index (χ0v) is 13.8. The molecule has 1 aromatic heterocycles. The van der Waals surface area contributed by atoms with Gasteiger partial charge in [-0.15, -0.1) is 0 Å². The van der Waals surface area contributed by atoms with Crippen LogP contribution in [0.25, 0.3) is 21.9 Å². The molecule has 2 heterocycles. The molecule has 1 fully saturated rings. The maximum atomic E-state index is 6.22. The van der Waals surface area contributed by atoms with E-state index in [2.05, 4.69) is 69.0 Å². The van der Waals surface area contributed by atoms with Gasteiger partial charge in [-0.25, -0.2) is 0 Å². The van der Waals surface area contributed by atoms with Gasteiger partial charge in [-0.05, 0) is 37.8 Å². The second-order valence-corrected chi connectivity index (χ2v) is 7.99. The first-order chi connectivity index (χ1) is 10.4. The summed E-state index contributed by atoms with van der Waals surface area (Å²) in [6.07, 6.45) is 1.19. The summed E-state index contributed by atoms with van der Waals surface area (Å²) < 4.78 is 6.22. The molecule has 2 aromatic carbocycles. The summed E-state index contributed by atoms with van der Waals surface area (Å²) in [5, 5.41) is 2.42. The largest absolute Gasteiger partial charge is 0.454 e. The molecule has 0 amide bonds. The highest BCUT2D eigenvalue weighted by molar-refractivity contribution is 6.09. The number of rotatable bonds is 1. The topological polar surface area (TPSA) is 16.4 Å². The van der Waals surface area contributed by atoms with Gasteiger partial charge in [0.2, 0.25) is 0 Å². The third-order valence-corrected chi connectivity index (χ3v) is 4.90. The molecular formula is C20H23NO. The molecule has 114 valence electrons. The van der Waals surface area contributed by atoms with Crippen LogP contribution in [0.3, 0.4) is 0 Å². The molecule has 0 bridgehead atoms. The van der Waals surface area contributed by atoms with Crippen LogP contribution < -0.4 is 4.90 Å². The van der Waals surface area contributed by atoms with Gasteiger partial charge in [-0.1, -0.05) is 44.2 Å². The Kier molecular flexibility index (Phi) is 2.66. The molecule has 1 saturated heterocycles. The first-order valence-electron chi connectivity index (χ1n) is 8.05. The summed E-state index contributed by atoms with van der Waals surface area (Å²) in [6.45, 7) is 10.4. The van der Waals surface area contributed by atoms with Gasteiger partial charge in [0.15, 0.2) is 5.58 Å². The molecule has 0 aliphatic carbocycles. The smallest absolute Gasteiger partial charge is 0.158 e. The van der Waals surface area contributed by atoms with Gasteiger partial charge in [0.25, 0.3) is 0 Å². The Labute approximate surface area is 131 Å². The lowest BCUT2D eigenvalue weighted by molar-refractivity contribution is 0.371. The Bertz CT molecular complexity index is 856. The van der Waals surface area contributed by atoms with Crippen molar-refractivity contribution >= 4 is 27.6 Å². The van der Waals surface area contributed by atoms with E-state index in [0.29, 0.717) is 5.41 Å². The van der Waals surface area contributed by atoms with Gasteiger partial charge in [-0.2, -0.15) is 0 Å². The molecule has 3 aromatic rings. The maximum Gasteiger partial charge on any atom is 0.158 e. The summed E-state index contributed by atoms with van der Waals surface area (Å²) in [6, 6.07) is 14.8. The quantitative estimate of drug-likeness (QED) is 0.580. The summed E-state index contributed by atoms with van der Waals surface area (Å²) >= 11 is 0. The number of hydrogen-bond acceptors (Lipinski definition) is 2. The Morgan fingerprint density at radius 2 is 1.64 bits per heavy atom. The lowest BCUT2D eigenvalue weighted by Gasteiger charge is -2.33. The molecule has 2 heteroatoms. The fourth-order valence-corrected chi connectivity index (χ4v) is 4.32. The van der Waals surface area contributed by atoms with Crippen LogP contribution in [0.4, 0.5) is 5.69 Å². The van der Waals surface area contributed by atoms with E-state index in [1.54, 1.807) is 0 Å². The zero-order valence-electron chi connectivity index (χ0n) is 13.8. The summed E-state index contributed by atoms with van der Waals surface area (Å²) in [7, 11) is 0. The van der Waals surface area contributed by atoms with Crippen LogP contribution in [-0.2, 0) is 0 Å². The van der Waals surface area contributed by atoms with Crippen molar-refractivity contribution in [2.45, 2.75) is 39.7 Å². The van der Waals surface area contributed by atoms with Gasteiger partial charge < -0.3 is 9.32 Å². The minimum Gasteiger partial charge on any atom is -0.454 e. The maximum absolute atomic E-state index is 6.22. The molecule has 0 spiro atoms. The number of para-hydroxylation sites is 2. The predicted molar refractivity (Wildman–Crippen MR) is 93.5 cm³/mol. The van der Waals surface area contributed by atoms with Crippen LogP contribution in [-0.4, -0.2) is 12.1 Å². The fourth-order valence-electron chi connectivity index (χ4n) is 4.32. The third-order valence-electron chi connectivity index (χ3n) is 4.90. The standard InChI is InChI=1S/C20H23NO/c1-19(2)12-20(3,4)21(13-19)16-10-7-9-15-14-8-5-6-11-17(14)22-18(15)16/h5-11H,12-13H2,1-4H3. The van der Waals surface area contributed by atoms with Crippen molar-refractivity contribution in [1.29, 1.82) is 0 Å². The van der Waals surface area contributed by atoms with Crippen molar-refractivity contribution in [2.24, 2.45) is 5.41 Å². The third kappa shape index (κ3) is 1.93. The van der Waals surface area contributed by atoms with Crippen molar-refractivity contribution in [2.75, 3.05) is 11.4 Å². The second kappa shape index (κ2) is 4.28. The highest BCUT2D eigenvalue weighted by Gasteiger charge is 2.43. The Morgan fingerprint density at radius 3 is 2.36 bits per heavy atom. The number of hydrogen-bond donors (Lipinski definition) is 0. The lowest BCUT2D eigenvalue weighted by Crippen LogP contribution is -2.38. The molecule has 22 heavy (non-hydrogen) atoms. The van der Waals surface area contributed by atoms with Crippen LogP contribution in [0.15, 0.2) is 46.9 Å². The van der Waals surface area contributed by atoms with E-state index < -0.39 is 0 Å². The van der Waals surface area contributed by atoms with E-state index in [9.17, 15) is 0 Å². The van der Waals surface area contributed by atoms with Gasteiger partial charge >= 0.3 is 0 Å². The van der Waals surface area contributed by atoms with E-state index >= 15 is 0 Å². The molecule has 0 atom stereocenters. The Hall–Kier alpha value is -1.96. The second-order valence-electron chi connectivity index (χ2n) is 7.99. The molecule has 0 radical (unpaired) electrons. The van der Waals surface area contributed by atoms with E-state index in [1.807, 2.05) is 6.07 Å². The first kappa shape index (κ1) is 13.7. The van der Waals surface area contributed by atoms with Gasteiger partial charge in [-0.3, -0.25) is 0 Å². The SMILES string of the molecule is CC1(C)CN(c2cccc3c2oc2ccccc23)C(C)(C)C1. The average molecular weight is 293 g/mol. The summed E-state index contributed by atoms with van der Waals surface area (Å²) in [5.41, 5.74) is 3.70. The molecule has 1 aliphatic heterocycles. The van der Waals surface area contributed by atoms with E-state index in [-0.39, 0.29) is 5.54 Å². The van der Waals surface area contributed by atoms with Crippen LogP contribution in [0.5, 0.6) is 0 Å². The number of furan rings is 1. The number of benzene rings is 2. The van der Waals surface area contributed by atoms with Crippen molar-refractivity contribution in [3.8, 4) is 0 Å². The van der Waals surface area contributed by atoms with Crippen molar-refractivity contribution in [3.05, 3.63) is 42.5 Å². The monoisotopic (exact) mass is 293 g/mol. The molecule has 0 N–H and O–H groups in total. The van der Waals surface area contributed by atoms with Crippen LogP contribution in [0.2, 0.25) is 0 Å². The molecular weight excluding hydrogens is 270 g/mol. The normalized spacial score (nSPS) is 20.1. The minimum atomic E-state index is 0.150. The molecule has 4 rings (SSSR count). The highest BCUT2D eigenvalue weighted by atomic mass is 16.3. The van der Waals surface area contributed by atoms with Crippen LogP contribution in [0.1, 0.15) is 34.1 Å². The van der Waals surface area contributed by atoms with E-state index in [1.165, 1.54) is 22.9 Å². The van der Waals surface area contributed by atoms with Gasteiger partial charge in [0, 0.05) is 22.9 Å². The summed E-state index contributed by atoms with van der Waals surface area (Å²) in [5.74, 6) is 0. The number of nitrogens with zero attached hydrogens (tertiary/aromatic N) is 1. The molecule has 2 nitrogen and oxygen atoms in total. The molecule has 0 unspecified atom stereocenters. The summed E-state index contributed by atoms with van der Waals surface area (Å²) in [4.78, 5) is 2.53. The minimum absolute atomic E-state index is 0.150. The van der Waals surface area contributed by atoms with E-state index in [0.717, 1.165) is 17.7 Å². The number of anilines is 1. The van der Waals surface area contributed by atoms with Crippen LogP contribution in [0, 0.1) is 5.41 Å². The average Bonchev–Trinajstić information content (AvgIpc) is 2.92. The van der Waals surface area contributed by atoms with Crippen LogP contribution >= 0.6 is 0 Å². The van der Waals surface area contributed by atoms with Gasteiger partial charge in [0.05, 0.1) is 5.69 Å². The fraction of sp³-hybridized carbons (Fsp3) is 0.400. The van der Waals surface area contributed by atoms with Gasteiger partial charge in [0.1, 0.15) is 5.58 Å². The zero-order chi connectivity index (χ0) is 15.5. The number of fused-ring (bicyclic) bond motifs is 3. The van der Waals surface area contributed by atoms with Crippen molar-refractivity contribution in [1.82, 2.24) is 0 Å². The Balaban J connectivity index is 1.96. The first-order valence-corrected chi connectivity index (χ1v) is 8.05. The van der Waals surface area contributed by atoms with Crippen molar-refractivity contribution < 1.29 is 4.42 Å². The highest BCUT2D eigenvalue weighted by Crippen LogP contribution is 2.46. The predicted octanol–water partition coefficient (Wildman–Crippen LogP) is 5.60.